The fraction of sp³-hybridized carbons (Fsp3) is 0.111. The summed E-state index contributed by atoms with van der Waals surface area (Å²) in [4.78, 5) is 9.62. The first-order valence-electron chi connectivity index (χ1n) is 3.49. The molecule has 64 valence electrons. The lowest BCUT2D eigenvalue weighted by atomic mass is 10.3. The van der Waals surface area contributed by atoms with Crippen molar-refractivity contribution < 1.29 is 9.78 Å². The van der Waals surface area contributed by atoms with Crippen molar-refractivity contribution in [1.82, 2.24) is 0 Å². The molecular formula is C9H9ClO2. The number of halogens is 1. The van der Waals surface area contributed by atoms with E-state index in [9.17, 15) is 0 Å². The van der Waals surface area contributed by atoms with Crippen LogP contribution in [0.1, 0.15) is 0 Å². The van der Waals surface area contributed by atoms with Gasteiger partial charge in [-0.3, -0.25) is 0 Å². The van der Waals surface area contributed by atoms with Gasteiger partial charge in [-0.05, 0) is 12.1 Å². The van der Waals surface area contributed by atoms with Crippen molar-refractivity contribution in [3.8, 4) is 5.75 Å². The molecular weight excluding hydrogens is 176 g/mol. The summed E-state index contributed by atoms with van der Waals surface area (Å²) >= 11 is 5.70. The van der Waals surface area contributed by atoms with Gasteiger partial charge in [0.2, 0.25) is 0 Å². The van der Waals surface area contributed by atoms with Gasteiger partial charge in [0, 0.05) is 11.1 Å². The van der Waals surface area contributed by atoms with Crippen LogP contribution in [-0.2, 0) is 4.89 Å². The van der Waals surface area contributed by atoms with Gasteiger partial charge >= 0.3 is 0 Å². The number of rotatable bonds is 4. The fourth-order valence-corrected chi connectivity index (χ4v) is 0.849. The third-order valence-corrected chi connectivity index (χ3v) is 1.37. The van der Waals surface area contributed by atoms with Crippen LogP contribution in [0.2, 0.25) is 5.02 Å². The van der Waals surface area contributed by atoms with Gasteiger partial charge in [0.05, 0.1) is 0 Å². The van der Waals surface area contributed by atoms with E-state index in [0.717, 1.165) is 0 Å². The van der Waals surface area contributed by atoms with E-state index in [1.165, 1.54) is 0 Å². The highest BCUT2D eigenvalue weighted by atomic mass is 35.5. The lowest BCUT2D eigenvalue weighted by Gasteiger charge is -2.01. The van der Waals surface area contributed by atoms with E-state index in [0.29, 0.717) is 17.4 Å². The monoisotopic (exact) mass is 184 g/mol. The molecule has 0 atom stereocenters. The molecule has 0 N–H and O–H groups in total. The summed E-state index contributed by atoms with van der Waals surface area (Å²) in [7, 11) is 0. The molecule has 0 saturated carbocycles. The Hall–Kier alpha value is -0.990. The second-order valence-electron chi connectivity index (χ2n) is 2.11. The lowest BCUT2D eigenvalue weighted by molar-refractivity contribution is -0.195. The Morgan fingerprint density at radius 2 is 2.33 bits per heavy atom. The molecule has 1 aromatic rings. The first-order valence-corrected chi connectivity index (χ1v) is 3.86. The Labute approximate surface area is 76.3 Å². The lowest BCUT2D eigenvalue weighted by Crippen LogP contribution is -1.95. The zero-order chi connectivity index (χ0) is 8.81. The molecule has 0 aromatic heterocycles. The van der Waals surface area contributed by atoms with Gasteiger partial charge in [0.25, 0.3) is 0 Å². The summed E-state index contributed by atoms with van der Waals surface area (Å²) in [6.45, 7) is 3.83. The van der Waals surface area contributed by atoms with E-state index >= 15 is 0 Å². The van der Waals surface area contributed by atoms with Crippen molar-refractivity contribution in [1.29, 1.82) is 0 Å². The molecule has 1 rings (SSSR count). The third kappa shape index (κ3) is 2.95. The molecule has 0 spiro atoms. The van der Waals surface area contributed by atoms with Crippen LogP contribution in [0.15, 0.2) is 36.9 Å². The molecule has 0 aliphatic carbocycles. The van der Waals surface area contributed by atoms with Crippen LogP contribution in [0, 0.1) is 0 Å². The molecule has 3 heteroatoms. The van der Waals surface area contributed by atoms with Gasteiger partial charge in [-0.1, -0.05) is 23.7 Å². The number of hydrogen-bond donors (Lipinski definition) is 0. The Morgan fingerprint density at radius 3 is 3.00 bits per heavy atom. The van der Waals surface area contributed by atoms with Crippen LogP contribution in [0.3, 0.4) is 0 Å². The number of hydrogen-bond acceptors (Lipinski definition) is 2. The van der Waals surface area contributed by atoms with Crippen molar-refractivity contribution in [2.45, 2.75) is 0 Å². The molecule has 0 fully saturated rings. The maximum Gasteiger partial charge on any atom is 0.166 e. The Kier molecular flexibility index (Phi) is 3.64. The topological polar surface area (TPSA) is 18.5 Å². The van der Waals surface area contributed by atoms with Gasteiger partial charge in [-0.2, -0.15) is 4.89 Å². The van der Waals surface area contributed by atoms with Crippen molar-refractivity contribution in [3.63, 3.8) is 0 Å². The van der Waals surface area contributed by atoms with Crippen LogP contribution in [0.5, 0.6) is 5.75 Å². The van der Waals surface area contributed by atoms with Gasteiger partial charge in [0.1, 0.15) is 6.61 Å². The Balaban J connectivity index is 2.46. The van der Waals surface area contributed by atoms with Crippen molar-refractivity contribution >= 4 is 11.6 Å². The van der Waals surface area contributed by atoms with Crippen molar-refractivity contribution in [3.05, 3.63) is 41.9 Å². The zero-order valence-electron chi connectivity index (χ0n) is 6.50. The summed E-state index contributed by atoms with van der Waals surface area (Å²) in [5, 5.41) is 0.620. The highest BCUT2D eigenvalue weighted by Gasteiger charge is 1.93. The average Bonchev–Trinajstić information content (AvgIpc) is 2.05. The van der Waals surface area contributed by atoms with Crippen LogP contribution in [-0.4, -0.2) is 6.61 Å². The second-order valence-corrected chi connectivity index (χ2v) is 2.55. The van der Waals surface area contributed by atoms with Crippen molar-refractivity contribution in [2.75, 3.05) is 6.61 Å². The highest BCUT2D eigenvalue weighted by Crippen LogP contribution is 2.16. The minimum Gasteiger partial charge on any atom is -0.337 e. The van der Waals surface area contributed by atoms with Gasteiger partial charge in [0.15, 0.2) is 5.75 Å². The van der Waals surface area contributed by atoms with Crippen LogP contribution in [0.25, 0.3) is 0 Å². The predicted octanol–water partition coefficient (Wildman–Crippen LogP) is 2.84. The van der Waals surface area contributed by atoms with Gasteiger partial charge in [-0.15, -0.1) is 6.58 Å². The Morgan fingerprint density at radius 1 is 1.50 bits per heavy atom. The van der Waals surface area contributed by atoms with E-state index < -0.39 is 0 Å². The maximum absolute atomic E-state index is 5.70. The summed E-state index contributed by atoms with van der Waals surface area (Å²) in [5.41, 5.74) is 0. The van der Waals surface area contributed by atoms with E-state index in [1.54, 1.807) is 30.3 Å². The number of benzene rings is 1. The van der Waals surface area contributed by atoms with E-state index in [-0.39, 0.29) is 0 Å². The van der Waals surface area contributed by atoms with E-state index in [4.69, 9.17) is 21.4 Å². The molecule has 0 bridgehead atoms. The summed E-state index contributed by atoms with van der Waals surface area (Å²) < 4.78 is 0. The minimum absolute atomic E-state index is 0.354. The van der Waals surface area contributed by atoms with E-state index in [2.05, 4.69) is 6.58 Å². The van der Waals surface area contributed by atoms with Crippen LogP contribution >= 0.6 is 11.6 Å². The molecule has 0 unspecified atom stereocenters. The van der Waals surface area contributed by atoms with E-state index in [1.807, 2.05) is 0 Å². The highest BCUT2D eigenvalue weighted by molar-refractivity contribution is 6.30. The molecule has 2 nitrogen and oxygen atoms in total. The molecule has 0 heterocycles. The second kappa shape index (κ2) is 4.80. The largest absolute Gasteiger partial charge is 0.337 e. The molecule has 0 radical (unpaired) electrons. The van der Waals surface area contributed by atoms with Crippen LogP contribution < -0.4 is 4.89 Å². The van der Waals surface area contributed by atoms with Gasteiger partial charge in [-0.25, -0.2) is 0 Å². The van der Waals surface area contributed by atoms with Gasteiger partial charge < -0.3 is 4.89 Å². The standard InChI is InChI=1S/C9H9ClO2/c1-2-6-11-12-9-5-3-4-8(10)7-9/h2-5,7H,1,6H2. The first kappa shape index (κ1) is 9.10. The summed E-state index contributed by atoms with van der Waals surface area (Å²) in [6.07, 6.45) is 1.60. The molecule has 0 aliphatic heterocycles. The zero-order valence-corrected chi connectivity index (χ0v) is 7.25. The SMILES string of the molecule is C=CCOOc1cccc(Cl)c1. The Bertz CT molecular complexity index is 260. The molecule has 0 saturated heterocycles. The normalized spacial score (nSPS) is 9.42. The fourth-order valence-electron chi connectivity index (χ4n) is 0.669. The quantitative estimate of drug-likeness (QED) is 0.310. The van der Waals surface area contributed by atoms with Crippen molar-refractivity contribution in [2.24, 2.45) is 0 Å². The predicted molar refractivity (Wildman–Crippen MR) is 48.2 cm³/mol. The maximum atomic E-state index is 5.70. The molecule has 0 aliphatic rings. The minimum atomic E-state index is 0.354. The summed E-state index contributed by atoms with van der Waals surface area (Å²) in [5.74, 6) is 0.587. The third-order valence-electron chi connectivity index (χ3n) is 1.14. The molecule has 12 heavy (non-hydrogen) atoms. The smallest absolute Gasteiger partial charge is 0.166 e. The summed E-state index contributed by atoms with van der Waals surface area (Å²) in [6, 6.07) is 6.98. The first-order chi connectivity index (χ1) is 5.83. The molecule has 0 amide bonds. The molecule has 1 aromatic carbocycles. The average molecular weight is 185 g/mol. The van der Waals surface area contributed by atoms with Crippen LogP contribution in [0.4, 0.5) is 0 Å².